The summed E-state index contributed by atoms with van der Waals surface area (Å²) in [6, 6.07) is 0.422. The largest absolute Gasteiger partial charge is 0.374 e. The molecule has 6 heteroatoms. The first-order valence-corrected chi connectivity index (χ1v) is 8.07. The molecule has 1 aliphatic heterocycles. The van der Waals surface area contributed by atoms with Crippen molar-refractivity contribution in [3.05, 3.63) is 0 Å². The van der Waals surface area contributed by atoms with E-state index < -0.39 is 0 Å². The van der Waals surface area contributed by atoms with Crippen molar-refractivity contribution in [1.29, 1.82) is 0 Å². The number of likely N-dealkylation sites (N-methyl/N-ethyl adjacent to an activating group) is 1. The molecule has 1 fully saturated rings. The summed E-state index contributed by atoms with van der Waals surface area (Å²) in [5.41, 5.74) is 0.382. The molecule has 0 bridgehead atoms. The van der Waals surface area contributed by atoms with E-state index in [4.69, 9.17) is 4.74 Å². The lowest BCUT2D eigenvalue weighted by Gasteiger charge is -2.30. The van der Waals surface area contributed by atoms with Crippen molar-refractivity contribution in [3.63, 3.8) is 0 Å². The lowest BCUT2D eigenvalue weighted by molar-refractivity contribution is -0.0161. The Labute approximate surface area is 153 Å². The number of halogens is 1. The number of hydrogen-bond acceptors (Lipinski definition) is 3. The van der Waals surface area contributed by atoms with Crippen LogP contribution in [-0.4, -0.2) is 63.3 Å². The van der Waals surface area contributed by atoms with Crippen LogP contribution in [0, 0.1) is 5.41 Å². The molecular formula is C16H35IN4O. The van der Waals surface area contributed by atoms with Gasteiger partial charge in [-0.15, -0.1) is 24.0 Å². The van der Waals surface area contributed by atoms with Crippen LogP contribution in [0.3, 0.4) is 0 Å². The Balaban J connectivity index is 0.00000441. The monoisotopic (exact) mass is 426 g/mol. The van der Waals surface area contributed by atoms with Gasteiger partial charge in [-0.25, -0.2) is 0 Å². The van der Waals surface area contributed by atoms with E-state index in [0.29, 0.717) is 11.5 Å². The molecule has 0 aliphatic carbocycles. The second-order valence-electron chi connectivity index (χ2n) is 7.35. The summed E-state index contributed by atoms with van der Waals surface area (Å²) >= 11 is 0. The average molecular weight is 426 g/mol. The van der Waals surface area contributed by atoms with Crippen molar-refractivity contribution in [2.24, 2.45) is 10.4 Å². The zero-order chi connectivity index (χ0) is 15.9. The molecule has 0 aromatic carbocycles. The highest BCUT2D eigenvalue weighted by Crippen LogP contribution is 2.21. The molecule has 0 spiro atoms. The van der Waals surface area contributed by atoms with E-state index in [1.54, 1.807) is 0 Å². The van der Waals surface area contributed by atoms with Crippen molar-refractivity contribution in [1.82, 2.24) is 15.5 Å². The minimum atomic E-state index is 0. The fourth-order valence-electron chi connectivity index (χ4n) is 2.35. The van der Waals surface area contributed by atoms with Crippen molar-refractivity contribution >= 4 is 29.9 Å². The van der Waals surface area contributed by atoms with Crippen LogP contribution in [0.5, 0.6) is 0 Å². The molecule has 0 radical (unpaired) electrons. The van der Waals surface area contributed by atoms with Gasteiger partial charge >= 0.3 is 0 Å². The molecule has 0 aromatic heterocycles. The van der Waals surface area contributed by atoms with Crippen LogP contribution in [0.25, 0.3) is 0 Å². The normalized spacial score (nSPS) is 21.9. The Bertz CT molecular complexity index is 331. The van der Waals surface area contributed by atoms with Gasteiger partial charge in [0.15, 0.2) is 5.96 Å². The maximum atomic E-state index is 5.75. The van der Waals surface area contributed by atoms with Crippen LogP contribution < -0.4 is 10.6 Å². The molecule has 5 nitrogen and oxygen atoms in total. The minimum Gasteiger partial charge on any atom is -0.374 e. The van der Waals surface area contributed by atoms with E-state index in [-0.39, 0.29) is 30.1 Å². The van der Waals surface area contributed by atoms with Crippen molar-refractivity contribution < 1.29 is 4.74 Å². The van der Waals surface area contributed by atoms with Gasteiger partial charge in [0.1, 0.15) is 0 Å². The fourth-order valence-corrected chi connectivity index (χ4v) is 2.35. The Hall–Kier alpha value is -0.0800. The molecule has 0 saturated carbocycles. The number of hydrogen-bond donors (Lipinski definition) is 2. The van der Waals surface area contributed by atoms with Gasteiger partial charge in [-0.2, -0.15) is 0 Å². The average Bonchev–Trinajstić information content (AvgIpc) is 2.40. The summed E-state index contributed by atoms with van der Waals surface area (Å²) in [7, 11) is 3.96. The van der Waals surface area contributed by atoms with E-state index in [0.717, 1.165) is 38.6 Å². The van der Waals surface area contributed by atoms with E-state index in [2.05, 4.69) is 55.3 Å². The van der Waals surface area contributed by atoms with E-state index in [1.807, 2.05) is 7.05 Å². The highest BCUT2D eigenvalue weighted by atomic mass is 127. The second kappa shape index (κ2) is 10.6. The second-order valence-corrected chi connectivity index (χ2v) is 7.35. The van der Waals surface area contributed by atoms with Crippen LogP contribution in [0.15, 0.2) is 4.99 Å². The molecule has 22 heavy (non-hydrogen) atoms. The lowest BCUT2D eigenvalue weighted by atomic mass is 9.89. The maximum absolute atomic E-state index is 5.75. The fraction of sp³-hybridized carbons (Fsp3) is 0.938. The van der Waals surface area contributed by atoms with Crippen molar-refractivity contribution in [2.45, 2.75) is 52.7 Å². The zero-order valence-corrected chi connectivity index (χ0v) is 17.4. The minimum absolute atomic E-state index is 0. The SMILES string of the molecule is CN=C(NCC1CN(C)CCO1)NC(C)CCC(C)(C)C.I. The van der Waals surface area contributed by atoms with Crippen LogP contribution in [-0.2, 0) is 4.74 Å². The summed E-state index contributed by atoms with van der Waals surface area (Å²) < 4.78 is 5.75. The highest BCUT2D eigenvalue weighted by Gasteiger charge is 2.18. The molecule has 0 aromatic rings. The van der Waals surface area contributed by atoms with Gasteiger partial charge in [-0.05, 0) is 32.2 Å². The molecule has 132 valence electrons. The summed E-state index contributed by atoms with van der Waals surface area (Å²) in [5, 5.41) is 6.83. The molecule has 1 aliphatic rings. The van der Waals surface area contributed by atoms with Crippen LogP contribution in [0.1, 0.15) is 40.5 Å². The van der Waals surface area contributed by atoms with Gasteiger partial charge in [0.2, 0.25) is 0 Å². The quantitative estimate of drug-likeness (QED) is 0.403. The molecule has 1 saturated heterocycles. The van der Waals surface area contributed by atoms with Gasteiger partial charge in [-0.3, -0.25) is 4.99 Å². The standard InChI is InChI=1S/C16H34N4O.HI/c1-13(7-8-16(2,3)4)19-15(17-5)18-11-14-12-20(6)9-10-21-14;/h13-14H,7-12H2,1-6H3,(H2,17,18,19);1H. The number of rotatable bonds is 5. The molecular weight excluding hydrogens is 391 g/mol. The van der Waals surface area contributed by atoms with Crippen molar-refractivity contribution in [3.8, 4) is 0 Å². The van der Waals surface area contributed by atoms with Crippen LogP contribution in [0.4, 0.5) is 0 Å². The summed E-state index contributed by atoms with van der Waals surface area (Å²) in [5.74, 6) is 0.869. The van der Waals surface area contributed by atoms with Gasteiger partial charge < -0.3 is 20.3 Å². The van der Waals surface area contributed by atoms with E-state index in [1.165, 1.54) is 6.42 Å². The van der Waals surface area contributed by atoms with E-state index in [9.17, 15) is 0 Å². The van der Waals surface area contributed by atoms with Crippen LogP contribution in [0.2, 0.25) is 0 Å². The number of ether oxygens (including phenoxy) is 1. The first-order chi connectivity index (χ1) is 9.80. The number of aliphatic imine (C=N–C) groups is 1. The maximum Gasteiger partial charge on any atom is 0.191 e. The molecule has 2 atom stereocenters. The van der Waals surface area contributed by atoms with Crippen LogP contribution >= 0.6 is 24.0 Å². The number of nitrogens with one attached hydrogen (secondary N) is 2. The Kier molecular flexibility index (Phi) is 10.6. The molecule has 2 N–H and O–H groups in total. The number of guanidine groups is 1. The van der Waals surface area contributed by atoms with Gasteiger partial charge in [-0.1, -0.05) is 20.8 Å². The van der Waals surface area contributed by atoms with Gasteiger partial charge in [0.25, 0.3) is 0 Å². The molecule has 1 rings (SSSR count). The highest BCUT2D eigenvalue weighted by molar-refractivity contribution is 14.0. The Morgan fingerprint density at radius 3 is 2.64 bits per heavy atom. The smallest absolute Gasteiger partial charge is 0.191 e. The number of nitrogens with zero attached hydrogens (tertiary/aromatic N) is 2. The third-order valence-corrected chi connectivity index (χ3v) is 3.77. The zero-order valence-electron chi connectivity index (χ0n) is 15.1. The van der Waals surface area contributed by atoms with Crippen molar-refractivity contribution in [2.75, 3.05) is 40.3 Å². The first kappa shape index (κ1) is 21.9. The number of morpholine rings is 1. The topological polar surface area (TPSA) is 48.9 Å². The summed E-state index contributed by atoms with van der Waals surface area (Å²) in [6.07, 6.45) is 2.59. The first-order valence-electron chi connectivity index (χ1n) is 8.07. The predicted molar refractivity (Wildman–Crippen MR) is 105 cm³/mol. The molecule has 2 unspecified atom stereocenters. The third-order valence-electron chi connectivity index (χ3n) is 3.77. The lowest BCUT2D eigenvalue weighted by Crippen LogP contribution is -2.49. The van der Waals surface area contributed by atoms with E-state index >= 15 is 0 Å². The van der Waals surface area contributed by atoms with Gasteiger partial charge in [0, 0.05) is 32.7 Å². The Morgan fingerprint density at radius 2 is 2.09 bits per heavy atom. The molecule has 0 amide bonds. The summed E-state index contributed by atoms with van der Waals surface area (Å²) in [6.45, 7) is 12.7. The Morgan fingerprint density at radius 1 is 1.41 bits per heavy atom. The summed E-state index contributed by atoms with van der Waals surface area (Å²) in [4.78, 5) is 6.60. The molecule has 1 heterocycles. The van der Waals surface area contributed by atoms with Gasteiger partial charge in [0.05, 0.1) is 12.7 Å². The third kappa shape index (κ3) is 9.84. The predicted octanol–water partition coefficient (Wildman–Crippen LogP) is 2.31.